The molecule has 0 amide bonds. The van der Waals surface area contributed by atoms with Gasteiger partial charge in [0.25, 0.3) is 0 Å². The molecule has 1 unspecified atom stereocenters. The molecule has 0 aliphatic heterocycles. The highest BCUT2D eigenvalue weighted by Gasteiger charge is 2.19. The molecule has 2 aromatic rings. The van der Waals surface area contributed by atoms with Crippen LogP contribution in [-0.4, -0.2) is 24.7 Å². The summed E-state index contributed by atoms with van der Waals surface area (Å²) in [7, 11) is 1.85. The Morgan fingerprint density at radius 3 is 2.82 bits per heavy atom. The van der Waals surface area contributed by atoms with E-state index in [1.807, 2.05) is 30.9 Å². The van der Waals surface area contributed by atoms with E-state index in [1.165, 1.54) is 0 Å². The van der Waals surface area contributed by atoms with Crippen LogP contribution in [0.15, 0.2) is 18.5 Å². The maximum absolute atomic E-state index is 10.4. The molecule has 0 aliphatic rings. The molecule has 2 heterocycles. The fourth-order valence-electron chi connectivity index (χ4n) is 2.02. The second kappa shape index (κ2) is 4.71. The summed E-state index contributed by atoms with van der Waals surface area (Å²) in [5.41, 5.74) is 2.51. The Balaban J connectivity index is 2.33. The van der Waals surface area contributed by atoms with Gasteiger partial charge in [0, 0.05) is 31.5 Å². The molecular formula is C12H18N4O. The predicted octanol–water partition coefficient (Wildman–Crippen LogP) is 1.42. The average Bonchev–Trinajstić information content (AvgIpc) is 2.85. The van der Waals surface area contributed by atoms with Crippen molar-refractivity contribution in [2.45, 2.75) is 32.9 Å². The zero-order chi connectivity index (χ0) is 12.4. The van der Waals surface area contributed by atoms with E-state index < -0.39 is 6.10 Å². The Kier molecular flexibility index (Phi) is 3.28. The molecule has 17 heavy (non-hydrogen) atoms. The minimum Gasteiger partial charge on any atom is -0.382 e. The van der Waals surface area contributed by atoms with Crippen LogP contribution in [0, 0.1) is 6.92 Å². The van der Waals surface area contributed by atoms with Gasteiger partial charge in [0.15, 0.2) is 0 Å². The number of hydrogen-bond donors (Lipinski definition) is 1. The lowest BCUT2D eigenvalue weighted by Gasteiger charge is -2.12. The maximum atomic E-state index is 10.4. The standard InChI is InChI=1S/C12H18N4O/c1-4-7-16-11(5-6-13-16)12(17)10-8-15(3)14-9(10)2/h5-6,8,12,17H,4,7H2,1-3H3. The van der Waals surface area contributed by atoms with E-state index in [1.54, 1.807) is 10.9 Å². The van der Waals surface area contributed by atoms with Crippen molar-refractivity contribution in [2.24, 2.45) is 7.05 Å². The molecule has 1 atom stereocenters. The van der Waals surface area contributed by atoms with Crippen LogP contribution in [0.25, 0.3) is 0 Å². The summed E-state index contributed by atoms with van der Waals surface area (Å²) >= 11 is 0. The zero-order valence-corrected chi connectivity index (χ0v) is 10.5. The first kappa shape index (κ1) is 11.9. The van der Waals surface area contributed by atoms with Gasteiger partial charge >= 0.3 is 0 Å². The van der Waals surface area contributed by atoms with Gasteiger partial charge in [0.2, 0.25) is 0 Å². The van der Waals surface area contributed by atoms with E-state index >= 15 is 0 Å². The Hall–Kier alpha value is -1.62. The number of aliphatic hydroxyl groups is 1. The lowest BCUT2D eigenvalue weighted by molar-refractivity contribution is 0.206. The molecule has 1 N–H and O–H groups in total. The lowest BCUT2D eigenvalue weighted by Crippen LogP contribution is -2.10. The Labute approximate surface area is 101 Å². The summed E-state index contributed by atoms with van der Waals surface area (Å²) < 4.78 is 3.56. The highest BCUT2D eigenvalue weighted by molar-refractivity contribution is 5.26. The third-order valence-corrected chi connectivity index (χ3v) is 2.81. The second-order valence-electron chi connectivity index (χ2n) is 4.23. The molecule has 0 aliphatic carbocycles. The third-order valence-electron chi connectivity index (χ3n) is 2.81. The summed E-state index contributed by atoms with van der Waals surface area (Å²) in [6, 6.07) is 1.85. The van der Waals surface area contributed by atoms with Crippen LogP contribution in [-0.2, 0) is 13.6 Å². The van der Waals surface area contributed by atoms with Gasteiger partial charge in [0.1, 0.15) is 6.10 Å². The van der Waals surface area contributed by atoms with E-state index in [0.717, 1.165) is 29.9 Å². The molecule has 0 bridgehead atoms. The lowest BCUT2D eigenvalue weighted by atomic mass is 10.1. The first-order valence-electron chi connectivity index (χ1n) is 5.83. The van der Waals surface area contributed by atoms with Gasteiger partial charge in [-0.05, 0) is 19.4 Å². The van der Waals surface area contributed by atoms with Crippen molar-refractivity contribution in [2.75, 3.05) is 0 Å². The molecule has 0 radical (unpaired) electrons. The van der Waals surface area contributed by atoms with Crippen molar-refractivity contribution in [1.82, 2.24) is 19.6 Å². The number of aryl methyl sites for hydroxylation is 3. The van der Waals surface area contributed by atoms with Crippen molar-refractivity contribution in [3.05, 3.63) is 35.4 Å². The summed E-state index contributed by atoms with van der Waals surface area (Å²) in [5, 5.41) is 18.8. The van der Waals surface area contributed by atoms with Gasteiger partial charge in [-0.1, -0.05) is 6.92 Å². The average molecular weight is 234 g/mol. The van der Waals surface area contributed by atoms with Crippen LogP contribution in [0.4, 0.5) is 0 Å². The fraction of sp³-hybridized carbons (Fsp3) is 0.500. The molecule has 0 aromatic carbocycles. The van der Waals surface area contributed by atoms with Crippen molar-refractivity contribution in [1.29, 1.82) is 0 Å². The number of rotatable bonds is 4. The Morgan fingerprint density at radius 2 is 2.24 bits per heavy atom. The van der Waals surface area contributed by atoms with Gasteiger partial charge in [-0.3, -0.25) is 9.36 Å². The molecule has 0 saturated heterocycles. The number of hydrogen-bond acceptors (Lipinski definition) is 3. The summed E-state index contributed by atoms with van der Waals surface area (Å²) in [4.78, 5) is 0. The number of nitrogens with zero attached hydrogens (tertiary/aromatic N) is 4. The van der Waals surface area contributed by atoms with E-state index in [9.17, 15) is 5.11 Å². The van der Waals surface area contributed by atoms with Gasteiger partial charge in [-0.25, -0.2) is 0 Å². The molecule has 5 nitrogen and oxygen atoms in total. The third kappa shape index (κ3) is 2.24. The van der Waals surface area contributed by atoms with Gasteiger partial charge in [-0.2, -0.15) is 10.2 Å². The van der Waals surface area contributed by atoms with E-state index in [-0.39, 0.29) is 0 Å². The van der Waals surface area contributed by atoms with E-state index in [2.05, 4.69) is 17.1 Å². The topological polar surface area (TPSA) is 55.9 Å². The van der Waals surface area contributed by atoms with Crippen LogP contribution in [0.5, 0.6) is 0 Å². The molecule has 0 fully saturated rings. The van der Waals surface area contributed by atoms with E-state index in [0.29, 0.717) is 0 Å². The highest BCUT2D eigenvalue weighted by atomic mass is 16.3. The zero-order valence-electron chi connectivity index (χ0n) is 10.5. The monoisotopic (exact) mass is 234 g/mol. The van der Waals surface area contributed by atoms with Gasteiger partial charge < -0.3 is 5.11 Å². The Bertz CT molecular complexity index is 500. The SMILES string of the molecule is CCCn1nccc1C(O)c1cn(C)nc1C. The second-order valence-corrected chi connectivity index (χ2v) is 4.23. The first-order valence-corrected chi connectivity index (χ1v) is 5.83. The predicted molar refractivity (Wildman–Crippen MR) is 64.5 cm³/mol. The molecular weight excluding hydrogens is 216 g/mol. The number of aliphatic hydroxyl groups excluding tert-OH is 1. The van der Waals surface area contributed by atoms with Crippen LogP contribution in [0.1, 0.15) is 36.4 Å². The van der Waals surface area contributed by atoms with Crippen molar-refractivity contribution in [3.63, 3.8) is 0 Å². The van der Waals surface area contributed by atoms with Gasteiger partial charge in [0.05, 0.1) is 11.4 Å². The van der Waals surface area contributed by atoms with Crippen LogP contribution in [0.2, 0.25) is 0 Å². The van der Waals surface area contributed by atoms with Crippen LogP contribution >= 0.6 is 0 Å². The molecule has 0 saturated carbocycles. The van der Waals surface area contributed by atoms with Crippen LogP contribution < -0.4 is 0 Å². The molecule has 5 heteroatoms. The summed E-state index contributed by atoms with van der Waals surface area (Å²) in [6.07, 6.45) is 3.91. The number of aromatic nitrogens is 4. The highest BCUT2D eigenvalue weighted by Crippen LogP contribution is 2.23. The van der Waals surface area contributed by atoms with Gasteiger partial charge in [-0.15, -0.1) is 0 Å². The smallest absolute Gasteiger partial charge is 0.124 e. The van der Waals surface area contributed by atoms with Crippen molar-refractivity contribution in [3.8, 4) is 0 Å². The first-order chi connectivity index (χ1) is 8.13. The summed E-state index contributed by atoms with van der Waals surface area (Å²) in [6.45, 7) is 4.81. The molecule has 92 valence electrons. The van der Waals surface area contributed by atoms with E-state index in [4.69, 9.17) is 0 Å². The maximum Gasteiger partial charge on any atom is 0.124 e. The normalized spacial score (nSPS) is 12.9. The molecule has 0 spiro atoms. The van der Waals surface area contributed by atoms with Crippen LogP contribution in [0.3, 0.4) is 0 Å². The molecule has 2 rings (SSSR count). The summed E-state index contributed by atoms with van der Waals surface area (Å²) in [5.74, 6) is 0. The minimum atomic E-state index is -0.655. The largest absolute Gasteiger partial charge is 0.382 e. The molecule has 2 aromatic heterocycles. The quantitative estimate of drug-likeness (QED) is 0.870. The Morgan fingerprint density at radius 1 is 1.47 bits per heavy atom. The van der Waals surface area contributed by atoms with Crippen molar-refractivity contribution >= 4 is 0 Å². The minimum absolute atomic E-state index is 0.655. The fourth-order valence-corrected chi connectivity index (χ4v) is 2.02. The van der Waals surface area contributed by atoms with Crippen molar-refractivity contribution < 1.29 is 5.11 Å².